The van der Waals surface area contributed by atoms with Gasteiger partial charge in [0.25, 0.3) is 5.56 Å². The second-order valence-corrected chi connectivity index (χ2v) is 8.86. The van der Waals surface area contributed by atoms with Crippen molar-refractivity contribution in [3.8, 4) is 33.3 Å². The third kappa shape index (κ3) is 3.50. The molecule has 172 valence electrons. The lowest BCUT2D eigenvalue weighted by Gasteiger charge is -2.11. The van der Waals surface area contributed by atoms with Crippen molar-refractivity contribution in [1.29, 1.82) is 0 Å². The quantitative estimate of drug-likeness (QED) is 0.412. The van der Waals surface area contributed by atoms with Gasteiger partial charge < -0.3 is 14.0 Å². The van der Waals surface area contributed by atoms with Gasteiger partial charge in [0.15, 0.2) is 0 Å². The van der Waals surface area contributed by atoms with E-state index in [2.05, 4.69) is 9.97 Å². The van der Waals surface area contributed by atoms with Gasteiger partial charge in [-0.25, -0.2) is 14.3 Å². The van der Waals surface area contributed by atoms with Gasteiger partial charge in [0.1, 0.15) is 16.3 Å². The van der Waals surface area contributed by atoms with Crippen molar-refractivity contribution in [2.24, 2.45) is 0 Å². The van der Waals surface area contributed by atoms with Gasteiger partial charge in [0.2, 0.25) is 0 Å². The number of aryl methyl sites for hydroxylation is 2. The summed E-state index contributed by atoms with van der Waals surface area (Å²) in [7, 11) is 3.18. The number of aromatic nitrogens is 4. The largest absolute Gasteiger partial charge is 0.497 e. The molecule has 0 spiro atoms. The van der Waals surface area contributed by atoms with E-state index in [0.29, 0.717) is 27.4 Å². The van der Waals surface area contributed by atoms with Gasteiger partial charge in [0, 0.05) is 11.1 Å². The topological polar surface area (TPSA) is 91.1 Å². The zero-order chi connectivity index (χ0) is 24.0. The molecule has 0 unspecified atom stereocenters. The number of nitrogens with one attached hydrogen (secondary N) is 1. The fraction of sp³-hybridized carbons (Fsp3) is 0.160. The number of imidazole rings is 1. The number of aromatic amines is 1. The molecule has 0 aliphatic rings. The van der Waals surface area contributed by atoms with E-state index in [1.807, 2.05) is 42.8 Å². The number of fused-ring (bicyclic) bond motifs is 1. The molecule has 3 aromatic heterocycles. The van der Waals surface area contributed by atoms with Gasteiger partial charge in [-0.15, -0.1) is 11.3 Å². The van der Waals surface area contributed by atoms with Gasteiger partial charge >= 0.3 is 5.69 Å². The molecule has 5 rings (SSSR count). The first-order chi connectivity index (χ1) is 16.4. The Labute approximate surface area is 198 Å². The standard InChI is InChI=1S/C25H22N4O4S/c1-14-12-28(13-26-14)19-10-5-16(11-20(19)33-4)22-15(2)21-23(34-22)27-25(31)29(24(21)30)17-6-8-18(32-3)9-7-17/h5-13H,1-4H3,(H,27,31). The predicted molar refractivity (Wildman–Crippen MR) is 133 cm³/mol. The number of H-pyrrole nitrogens is 1. The van der Waals surface area contributed by atoms with Crippen molar-refractivity contribution in [3.63, 3.8) is 0 Å². The molecule has 34 heavy (non-hydrogen) atoms. The molecule has 0 amide bonds. The second-order valence-electron chi connectivity index (χ2n) is 7.84. The Balaban J connectivity index is 1.66. The lowest BCUT2D eigenvalue weighted by molar-refractivity contribution is 0.413. The molecular weight excluding hydrogens is 452 g/mol. The van der Waals surface area contributed by atoms with Crippen LogP contribution in [0.1, 0.15) is 11.3 Å². The minimum absolute atomic E-state index is 0.360. The van der Waals surface area contributed by atoms with Crippen LogP contribution in [0.5, 0.6) is 11.5 Å². The van der Waals surface area contributed by atoms with Crippen LogP contribution in [0.3, 0.4) is 0 Å². The summed E-state index contributed by atoms with van der Waals surface area (Å²) < 4.78 is 13.9. The highest BCUT2D eigenvalue weighted by molar-refractivity contribution is 7.22. The zero-order valence-electron chi connectivity index (χ0n) is 19.1. The Kier molecular flexibility index (Phi) is 5.33. The summed E-state index contributed by atoms with van der Waals surface area (Å²) in [4.78, 5) is 34.8. The first kappa shape index (κ1) is 21.7. The van der Waals surface area contributed by atoms with E-state index in [-0.39, 0.29) is 5.56 Å². The highest BCUT2D eigenvalue weighted by atomic mass is 32.1. The lowest BCUT2D eigenvalue weighted by Crippen LogP contribution is -2.33. The van der Waals surface area contributed by atoms with Gasteiger partial charge in [-0.2, -0.15) is 0 Å². The van der Waals surface area contributed by atoms with Gasteiger partial charge in [0.05, 0.1) is 43.0 Å². The van der Waals surface area contributed by atoms with Gasteiger partial charge in [-0.3, -0.25) is 9.78 Å². The van der Waals surface area contributed by atoms with Crippen molar-refractivity contribution in [2.45, 2.75) is 13.8 Å². The number of nitrogens with zero attached hydrogens (tertiary/aromatic N) is 3. The third-order valence-electron chi connectivity index (χ3n) is 5.75. The third-order valence-corrected chi connectivity index (χ3v) is 7.01. The maximum atomic E-state index is 13.4. The van der Waals surface area contributed by atoms with Crippen molar-refractivity contribution >= 4 is 21.6 Å². The van der Waals surface area contributed by atoms with Crippen molar-refractivity contribution < 1.29 is 9.47 Å². The number of hydrogen-bond acceptors (Lipinski definition) is 6. The number of benzene rings is 2. The van der Waals surface area contributed by atoms with Gasteiger partial charge in [-0.1, -0.05) is 6.07 Å². The van der Waals surface area contributed by atoms with Crippen LogP contribution in [0.25, 0.3) is 32.0 Å². The highest BCUT2D eigenvalue weighted by Crippen LogP contribution is 2.38. The first-order valence-electron chi connectivity index (χ1n) is 10.5. The normalized spacial score (nSPS) is 11.2. The monoisotopic (exact) mass is 474 g/mol. The molecule has 0 saturated heterocycles. The molecule has 2 aromatic carbocycles. The number of hydrogen-bond donors (Lipinski definition) is 1. The SMILES string of the molecule is COc1ccc(-n2c(=O)[nH]c3sc(-c4ccc(-n5cnc(C)c5)c(OC)c4)c(C)c3c2=O)cc1. The van der Waals surface area contributed by atoms with Crippen molar-refractivity contribution in [1.82, 2.24) is 19.1 Å². The fourth-order valence-electron chi connectivity index (χ4n) is 4.04. The molecule has 0 saturated carbocycles. The molecule has 0 aliphatic carbocycles. The number of ether oxygens (including phenoxy) is 2. The summed E-state index contributed by atoms with van der Waals surface area (Å²) in [5.74, 6) is 1.32. The summed E-state index contributed by atoms with van der Waals surface area (Å²) >= 11 is 1.38. The van der Waals surface area contributed by atoms with E-state index < -0.39 is 5.69 Å². The Bertz CT molecular complexity index is 1640. The zero-order valence-corrected chi connectivity index (χ0v) is 19.9. The molecule has 9 heteroatoms. The minimum atomic E-state index is -0.487. The number of thiophene rings is 1. The summed E-state index contributed by atoms with van der Waals surface area (Å²) in [6.45, 7) is 3.82. The smallest absolute Gasteiger partial charge is 0.334 e. The van der Waals surface area contributed by atoms with E-state index in [1.54, 1.807) is 44.8 Å². The molecule has 0 atom stereocenters. The van der Waals surface area contributed by atoms with Crippen LogP contribution in [0.15, 0.2) is 64.6 Å². The van der Waals surface area contributed by atoms with Crippen LogP contribution in [-0.4, -0.2) is 33.3 Å². The van der Waals surface area contributed by atoms with Crippen LogP contribution in [0.2, 0.25) is 0 Å². The molecule has 0 aliphatic heterocycles. The van der Waals surface area contributed by atoms with Crippen molar-refractivity contribution in [3.05, 3.63) is 87.1 Å². The molecule has 1 N–H and O–H groups in total. The van der Waals surface area contributed by atoms with Crippen LogP contribution >= 0.6 is 11.3 Å². The average Bonchev–Trinajstić information content (AvgIpc) is 3.42. The Hall–Kier alpha value is -4.11. The summed E-state index contributed by atoms with van der Waals surface area (Å²) in [5.41, 5.74) is 3.09. The molecule has 8 nitrogen and oxygen atoms in total. The number of rotatable bonds is 5. The van der Waals surface area contributed by atoms with Crippen LogP contribution < -0.4 is 20.7 Å². The van der Waals surface area contributed by atoms with Crippen molar-refractivity contribution in [2.75, 3.05) is 14.2 Å². The Morgan fingerprint density at radius 3 is 2.41 bits per heavy atom. The molecule has 0 radical (unpaired) electrons. The van der Waals surface area contributed by atoms with E-state index in [0.717, 1.165) is 32.0 Å². The van der Waals surface area contributed by atoms with E-state index in [4.69, 9.17) is 9.47 Å². The number of methoxy groups -OCH3 is 2. The minimum Gasteiger partial charge on any atom is -0.497 e. The second kappa shape index (κ2) is 8.35. The van der Waals surface area contributed by atoms with Crippen LogP contribution in [0, 0.1) is 13.8 Å². The maximum Gasteiger partial charge on any atom is 0.334 e. The van der Waals surface area contributed by atoms with E-state index in [1.165, 1.54) is 11.3 Å². The summed E-state index contributed by atoms with van der Waals surface area (Å²) in [6, 6.07) is 12.7. The lowest BCUT2D eigenvalue weighted by atomic mass is 10.1. The van der Waals surface area contributed by atoms with Gasteiger partial charge in [-0.05, 0) is 61.4 Å². The maximum absolute atomic E-state index is 13.4. The molecule has 0 bridgehead atoms. The Morgan fingerprint density at radius 1 is 1.00 bits per heavy atom. The first-order valence-corrected chi connectivity index (χ1v) is 11.3. The highest BCUT2D eigenvalue weighted by Gasteiger charge is 2.19. The Morgan fingerprint density at radius 2 is 1.76 bits per heavy atom. The van der Waals surface area contributed by atoms with E-state index >= 15 is 0 Å². The predicted octanol–water partition coefficient (Wildman–Crippen LogP) is 4.23. The summed E-state index contributed by atoms with van der Waals surface area (Å²) in [6.07, 6.45) is 3.67. The van der Waals surface area contributed by atoms with Crippen LogP contribution in [0.4, 0.5) is 0 Å². The van der Waals surface area contributed by atoms with Crippen LogP contribution in [-0.2, 0) is 0 Å². The fourth-order valence-corrected chi connectivity index (χ4v) is 5.23. The van der Waals surface area contributed by atoms with E-state index in [9.17, 15) is 9.59 Å². The molecular formula is C25H22N4O4S. The summed E-state index contributed by atoms with van der Waals surface area (Å²) in [5, 5.41) is 0.490. The average molecular weight is 475 g/mol. The molecule has 0 fully saturated rings. The molecule has 5 aromatic rings. The molecule has 3 heterocycles.